The van der Waals surface area contributed by atoms with Crippen LogP contribution in [-0.2, 0) is 0 Å². The standard InChI is InChI=1S/C9H11BrN2/c10-8-2-1-3-12-9(8)7-4-6(7)5-11/h1-3,6-7H,4-5,11H2. The first-order valence-corrected chi connectivity index (χ1v) is 4.92. The van der Waals surface area contributed by atoms with E-state index in [2.05, 4.69) is 20.9 Å². The van der Waals surface area contributed by atoms with E-state index in [9.17, 15) is 0 Å². The van der Waals surface area contributed by atoms with Crippen LogP contribution in [0.15, 0.2) is 22.8 Å². The molecule has 2 rings (SSSR count). The fraction of sp³-hybridized carbons (Fsp3) is 0.444. The van der Waals surface area contributed by atoms with Crippen molar-refractivity contribution < 1.29 is 0 Å². The zero-order chi connectivity index (χ0) is 8.55. The summed E-state index contributed by atoms with van der Waals surface area (Å²) in [7, 11) is 0. The van der Waals surface area contributed by atoms with E-state index in [4.69, 9.17) is 5.73 Å². The van der Waals surface area contributed by atoms with E-state index >= 15 is 0 Å². The SMILES string of the molecule is NCC1CC1c1ncccc1Br. The van der Waals surface area contributed by atoms with Crippen LogP contribution in [0.2, 0.25) is 0 Å². The van der Waals surface area contributed by atoms with Crippen molar-refractivity contribution in [3.05, 3.63) is 28.5 Å². The first-order valence-electron chi connectivity index (χ1n) is 4.13. The van der Waals surface area contributed by atoms with Gasteiger partial charge in [0.1, 0.15) is 0 Å². The molecule has 3 heteroatoms. The van der Waals surface area contributed by atoms with Crippen LogP contribution in [0.5, 0.6) is 0 Å². The van der Waals surface area contributed by atoms with Gasteiger partial charge < -0.3 is 5.73 Å². The largest absolute Gasteiger partial charge is 0.330 e. The molecule has 2 N–H and O–H groups in total. The molecule has 0 aromatic carbocycles. The predicted molar refractivity (Wildman–Crippen MR) is 51.8 cm³/mol. The van der Waals surface area contributed by atoms with Crippen molar-refractivity contribution in [3.63, 3.8) is 0 Å². The first-order chi connectivity index (χ1) is 5.83. The van der Waals surface area contributed by atoms with Crippen molar-refractivity contribution in [2.24, 2.45) is 11.7 Å². The Bertz CT molecular complexity index is 288. The van der Waals surface area contributed by atoms with Crippen molar-refractivity contribution in [2.75, 3.05) is 6.54 Å². The highest BCUT2D eigenvalue weighted by atomic mass is 79.9. The smallest absolute Gasteiger partial charge is 0.0579 e. The molecule has 1 aromatic heterocycles. The molecule has 1 aromatic rings. The third kappa shape index (κ3) is 1.39. The summed E-state index contributed by atoms with van der Waals surface area (Å²) < 4.78 is 1.12. The molecule has 1 aliphatic carbocycles. The summed E-state index contributed by atoms with van der Waals surface area (Å²) in [5, 5.41) is 0. The summed E-state index contributed by atoms with van der Waals surface area (Å²) in [5.41, 5.74) is 6.74. The molecule has 2 unspecified atom stereocenters. The zero-order valence-corrected chi connectivity index (χ0v) is 8.29. The van der Waals surface area contributed by atoms with Crippen molar-refractivity contribution in [2.45, 2.75) is 12.3 Å². The van der Waals surface area contributed by atoms with Gasteiger partial charge >= 0.3 is 0 Å². The molecule has 0 spiro atoms. The van der Waals surface area contributed by atoms with Gasteiger partial charge in [0, 0.05) is 16.6 Å². The van der Waals surface area contributed by atoms with Crippen molar-refractivity contribution in [3.8, 4) is 0 Å². The summed E-state index contributed by atoms with van der Waals surface area (Å²) in [6.45, 7) is 0.785. The van der Waals surface area contributed by atoms with Gasteiger partial charge in [-0.1, -0.05) is 0 Å². The van der Waals surface area contributed by atoms with Gasteiger partial charge in [0.05, 0.1) is 5.69 Å². The van der Waals surface area contributed by atoms with Gasteiger partial charge in [-0.3, -0.25) is 4.98 Å². The van der Waals surface area contributed by atoms with Crippen LogP contribution in [0, 0.1) is 5.92 Å². The van der Waals surface area contributed by atoms with E-state index < -0.39 is 0 Å². The Hall–Kier alpha value is -0.410. The third-order valence-electron chi connectivity index (χ3n) is 2.36. The van der Waals surface area contributed by atoms with Crippen LogP contribution < -0.4 is 5.73 Å². The minimum atomic E-state index is 0.602. The number of halogens is 1. The second-order valence-electron chi connectivity index (χ2n) is 3.21. The quantitative estimate of drug-likeness (QED) is 0.838. The number of rotatable bonds is 2. The zero-order valence-electron chi connectivity index (χ0n) is 6.70. The summed E-state index contributed by atoms with van der Waals surface area (Å²) in [4.78, 5) is 4.34. The number of hydrogen-bond donors (Lipinski definition) is 1. The Labute approximate surface area is 80.3 Å². The average Bonchev–Trinajstić information content (AvgIpc) is 2.84. The van der Waals surface area contributed by atoms with Crippen LogP contribution in [0.25, 0.3) is 0 Å². The highest BCUT2D eigenvalue weighted by molar-refractivity contribution is 9.10. The molecule has 12 heavy (non-hydrogen) atoms. The lowest BCUT2D eigenvalue weighted by atomic mass is 10.2. The van der Waals surface area contributed by atoms with E-state index in [1.54, 1.807) is 0 Å². The molecule has 2 nitrogen and oxygen atoms in total. The number of nitrogens with two attached hydrogens (primary N) is 1. The highest BCUT2D eigenvalue weighted by Crippen LogP contribution is 2.47. The summed E-state index contributed by atoms with van der Waals surface area (Å²) in [6.07, 6.45) is 3.04. The van der Waals surface area contributed by atoms with Crippen molar-refractivity contribution in [1.82, 2.24) is 4.98 Å². The second-order valence-corrected chi connectivity index (χ2v) is 4.06. The number of pyridine rings is 1. The summed E-state index contributed by atoms with van der Waals surface area (Å²) >= 11 is 3.49. The minimum absolute atomic E-state index is 0.602. The van der Waals surface area contributed by atoms with Gasteiger partial charge in [-0.2, -0.15) is 0 Å². The van der Waals surface area contributed by atoms with E-state index in [-0.39, 0.29) is 0 Å². The van der Waals surface area contributed by atoms with E-state index in [0.717, 1.165) is 11.0 Å². The van der Waals surface area contributed by atoms with Crippen molar-refractivity contribution in [1.29, 1.82) is 0 Å². The van der Waals surface area contributed by atoms with Gasteiger partial charge in [0.2, 0.25) is 0 Å². The van der Waals surface area contributed by atoms with Crippen LogP contribution >= 0.6 is 15.9 Å². The highest BCUT2D eigenvalue weighted by Gasteiger charge is 2.38. The van der Waals surface area contributed by atoms with Crippen LogP contribution in [0.1, 0.15) is 18.0 Å². The van der Waals surface area contributed by atoms with Crippen molar-refractivity contribution >= 4 is 15.9 Å². The molecule has 1 saturated carbocycles. The molecule has 64 valence electrons. The molecular formula is C9H11BrN2. The maximum Gasteiger partial charge on any atom is 0.0579 e. The fourth-order valence-corrected chi connectivity index (χ4v) is 2.06. The van der Waals surface area contributed by atoms with Gasteiger partial charge in [-0.25, -0.2) is 0 Å². The molecule has 2 atom stereocenters. The molecule has 0 saturated heterocycles. The maximum atomic E-state index is 5.57. The molecule has 0 radical (unpaired) electrons. The summed E-state index contributed by atoms with van der Waals surface area (Å²) in [6, 6.07) is 3.97. The normalized spacial score (nSPS) is 27.2. The fourth-order valence-electron chi connectivity index (χ4n) is 1.51. The number of aromatic nitrogens is 1. The van der Waals surface area contributed by atoms with Gasteiger partial charge in [-0.05, 0) is 46.9 Å². The number of hydrogen-bond acceptors (Lipinski definition) is 2. The molecule has 0 amide bonds. The van der Waals surface area contributed by atoms with Gasteiger partial charge in [-0.15, -0.1) is 0 Å². The Morgan fingerprint density at radius 1 is 1.67 bits per heavy atom. The number of nitrogens with zero attached hydrogens (tertiary/aromatic N) is 1. The predicted octanol–water partition coefficient (Wildman–Crippen LogP) is 1.91. The Morgan fingerprint density at radius 2 is 2.50 bits per heavy atom. The van der Waals surface area contributed by atoms with E-state index in [1.165, 1.54) is 12.1 Å². The van der Waals surface area contributed by atoms with E-state index in [0.29, 0.717) is 11.8 Å². The van der Waals surface area contributed by atoms with Crippen LogP contribution in [-0.4, -0.2) is 11.5 Å². The van der Waals surface area contributed by atoms with Gasteiger partial charge in [0.25, 0.3) is 0 Å². The molecule has 1 fully saturated rings. The maximum absolute atomic E-state index is 5.57. The molecule has 1 heterocycles. The third-order valence-corrected chi connectivity index (χ3v) is 3.03. The Balaban J connectivity index is 2.19. The van der Waals surface area contributed by atoms with Crippen LogP contribution in [0.3, 0.4) is 0 Å². The minimum Gasteiger partial charge on any atom is -0.330 e. The Morgan fingerprint density at radius 3 is 3.08 bits per heavy atom. The molecule has 1 aliphatic rings. The van der Waals surface area contributed by atoms with Gasteiger partial charge in [0.15, 0.2) is 0 Å². The lowest BCUT2D eigenvalue weighted by Gasteiger charge is -2.00. The summed E-state index contributed by atoms with van der Waals surface area (Å²) in [5.74, 6) is 1.27. The van der Waals surface area contributed by atoms with Crippen LogP contribution in [0.4, 0.5) is 0 Å². The molecule has 0 bridgehead atoms. The lowest BCUT2D eigenvalue weighted by Crippen LogP contribution is -2.02. The van der Waals surface area contributed by atoms with E-state index in [1.807, 2.05) is 18.3 Å². The lowest BCUT2D eigenvalue weighted by molar-refractivity contribution is 0.795. The second kappa shape index (κ2) is 3.15. The first kappa shape index (κ1) is 8.20. The Kier molecular flexibility index (Phi) is 2.15. The molecule has 0 aliphatic heterocycles. The molecular weight excluding hydrogens is 216 g/mol. The average molecular weight is 227 g/mol. The topological polar surface area (TPSA) is 38.9 Å². The monoisotopic (exact) mass is 226 g/mol.